The molecule has 14 nitrogen and oxygen atoms in total. The summed E-state index contributed by atoms with van der Waals surface area (Å²) in [4.78, 5) is 37.7. The third kappa shape index (κ3) is 14.0. The maximum absolute atomic E-state index is 12.5. The number of thiocarbonyl (C=S) groups is 1. The van der Waals surface area contributed by atoms with E-state index < -0.39 is 11.9 Å². The van der Waals surface area contributed by atoms with Crippen LogP contribution in [0, 0.1) is 0 Å². The van der Waals surface area contributed by atoms with Crippen LogP contribution in [-0.4, -0.2) is 137 Å². The van der Waals surface area contributed by atoms with Crippen molar-refractivity contribution in [1.82, 2.24) is 25.1 Å². The Morgan fingerprint density at radius 3 is 1.87 bits per heavy atom. The van der Waals surface area contributed by atoms with Crippen molar-refractivity contribution < 1.29 is 38.0 Å². The van der Waals surface area contributed by atoms with E-state index in [2.05, 4.69) is 30.4 Å². The summed E-state index contributed by atoms with van der Waals surface area (Å²) in [6.07, 6.45) is 0. The summed E-state index contributed by atoms with van der Waals surface area (Å²) in [7, 11) is 3.06. The van der Waals surface area contributed by atoms with E-state index in [1.54, 1.807) is 32.2 Å². The van der Waals surface area contributed by atoms with Gasteiger partial charge < -0.3 is 39.1 Å². The second kappa shape index (κ2) is 21.5. The number of nitrogens with one attached hydrogen (secondary N) is 2. The minimum Gasteiger partial charge on any atom is -0.464 e. The maximum atomic E-state index is 12.5. The zero-order valence-corrected chi connectivity index (χ0v) is 27.8. The lowest BCUT2D eigenvalue weighted by Crippen LogP contribution is -2.33. The summed E-state index contributed by atoms with van der Waals surface area (Å²) in [6, 6.07) is 8.79. The van der Waals surface area contributed by atoms with Crippen molar-refractivity contribution in [3.8, 4) is 0 Å². The predicted octanol–water partition coefficient (Wildman–Crippen LogP) is 1.74. The summed E-state index contributed by atoms with van der Waals surface area (Å²) in [5.41, 5.74) is 2.56. The molecule has 1 aliphatic heterocycles. The zero-order chi connectivity index (χ0) is 33.0. The monoisotopic (exact) mass is 662 g/mol. The molecule has 46 heavy (non-hydrogen) atoms. The Morgan fingerprint density at radius 2 is 1.35 bits per heavy atom. The Hall–Kier alpha value is -3.31. The fourth-order valence-corrected chi connectivity index (χ4v) is 4.56. The molecule has 1 fully saturated rings. The van der Waals surface area contributed by atoms with Crippen LogP contribution in [0.4, 0.5) is 5.69 Å². The number of nitrogens with zero attached hydrogens (tertiary/aromatic N) is 4. The lowest BCUT2D eigenvalue weighted by molar-refractivity contribution is 0.00597. The molecule has 0 aromatic carbocycles. The van der Waals surface area contributed by atoms with Gasteiger partial charge in [0.15, 0.2) is 10.8 Å². The molecule has 1 saturated heterocycles. The smallest absolute Gasteiger partial charge is 0.356 e. The molecule has 0 unspecified atom stereocenters. The summed E-state index contributed by atoms with van der Waals surface area (Å²) >= 11 is 5.25. The minimum atomic E-state index is -0.498. The number of methoxy groups -OCH3 is 1. The number of hydrogen-bond donors (Lipinski definition) is 2. The van der Waals surface area contributed by atoms with E-state index in [-0.39, 0.29) is 18.0 Å². The lowest BCUT2D eigenvalue weighted by atomic mass is 10.2. The first kappa shape index (κ1) is 37.2. The van der Waals surface area contributed by atoms with Gasteiger partial charge in [0.1, 0.15) is 5.69 Å². The Morgan fingerprint density at radius 1 is 0.804 bits per heavy atom. The van der Waals surface area contributed by atoms with E-state index in [1.165, 1.54) is 7.11 Å². The Labute approximate surface area is 276 Å². The van der Waals surface area contributed by atoms with Crippen molar-refractivity contribution in [3.05, 3.63) is 53.1 Å². The molecule has 2 N–H and O–H groups in total. The van der Waals surface area contributed by atoms with E-state index in [0.29, 0.717) is 109 Å². The van der Waals surface area contributed by atoms with Crippen LogP contribution >= 0.6 is 12.2 Å². The standard InChI is InChI=1S/C31H46N6O8S/c1-4-45-30(39)28-21-25(35-31(46)32-2)20-26(34-28)23-37-10-14-43-18-16-41-12-8-36(9-13-42-17-19-44-15-11-37)22-24-6-5-7-27(33-24)29(38)40-3/h5-7,20-21H,4,8-19,22-23H2,1-3H3,(H2,32,34,35,46). The van der Waals surface area contributed by atoms with Gasteiger partial charge >= 0.3 is 11.9 Å². The fraction of sp³-hybridized carbons (Fsp3) is 0.581. The van der Waals surface area contributed by atoms with Crippen LogP contribution in [-0.2, 0) is 41.5 Å². The van der Waals surface area contributed by atoms with Gasteiger partial charge in [-0.3, -0.25) is 9.80 Å². The van der Waals surface area contributed by atoms with Crippen molar-refractivity contribution in [1.29, 1.82) is 0 Å². The third-order valence-corrected chi connectivity index (χ3v) is 7.08. The van der Waals surface area contributed by atoms with E-state index in [4.69, 9.17) is 40.6 Å². The average molecular weight is 663 g/mol. The number of ether oxygens (including phenoxy) is 6. The van der Waals surface area contributed by atoms with Crippen molar-refractivity contribution in [2.45, 2.75) is 20.0 Å². The molecule has 3 rings (SSSR count). The number of carbonyl (C=O) groups is 2. The number of rotatable bonds is 8. The van der Waals surface area contributed by atoms with Gasteiger partial charge in [-0.15, -0.1) is 0 Å². The minimum absolute atomic E-state index is 0.202. The number of hydrogen-bond acceptors (Lipinski definition) is 13. The van der Waals surface area contributed by atoms with Gasteiger partial charge in [-0.1, -0.05) is 6.07 Å². The van der Waals surface area contributed by atoms with Gasteiger partial charge in [-0.05, 0) is 43.4 Å². The molecule has 15 heteroatoms. The summed E-state index contributed by atoms with van der Waals surface area (Å²) in [5, 5.41) is 6.37. The molecule has 0 spiro atoms. The molecule has 0 atom stereocenters. The first-order valence-corrected chi connectivity index (χ1v) is 15.8. The average Bonchev–Trinajstić information content (AvgIpc) is 3.05. The van der Waals surface area contributed by atoms with E-state index in [1.807, 2.05) is 12.1 Å². The topological polar surface area (TPSA) is 146 Å². The predicted molar refractivity (Wildman–Crippen MR) is 175 cm³/mol. The highest BCUT2D eigenvalue weighted by Gasteiger charge is 2.16. The second-order valence-electron chi connectivity index (χ2n) is 10.2. The van der Waals surface area contributed by atoms with Gasteiger partial charge in [-0.2, -0.15) is 0 Å². The molecular formula is C31H46N6O8S. The van der Waals surface area contributed by atoms with E-state index in [9.17, 15) is 9.59 Å². The van der Waals surface area contributed by atoms with Crippen LogP contribution in [0.3, 0.4) is 0 Å². The summed E-state index contributed by atoms with van der Waals surface area (Å²) in [6.45, 7) is 9.32. The largest absolute Gasteiger partial charge is 0.464 e. The Bertz CT molecular complexity index is 1220. The normalized spacial score (nSPS) is 16.8. The molecule has 0 saturated carbocycles. The van der Waals surface area contributed by atoms with Crippen LogP contribution in [0.15, 0.2) is 30.3 Å². The van der Waals surface area contributed by atoms with E-state index >= 15 is 0 Å². The summed E-state index contributed by atoms with van der Waals surface area (Å²) < 4.78 is 33.4. The molecule has 254 valence electrons. The highest BCUT2D eigenvalue weighted by atomic mass is 32.1. The first-order chi connectivity index (χ1) is 22.4. The molecule has 0 aliphatic carbocycles. The SMILES string of the molecule is CCOC(=O)c1cc(NC(=S)NC)cc(CN2CCOCCOCCN(Cc3cccc(C(=O)OC)n3)CCOCCOCC2)n1. The first-order valence-electron chi connectivity index (χ1n) is 15.4. The Balaban J connectivity index is 1.56. The lowest BCUT2D eigenvalue weighted by Gasteiger charge is -2.24. The van der Waals surface area contributed by atoms with Crippen LogP contribution in [0.2, 0.25) is 0 Å². The van der Waals surface area contributed by atoms with Crippen molar-refractivity contribution in [3.63, 3.8) is 0 Å². The summed E-state index contributed by atoms with van der Waals surface area (Å²) in [5.74, 6) is -0.963. The molecule has 2 aromatic heterocycles. The fourth-order valence-electron chi connectivity index (χ4n) is 4.45. The van der Waals surface area contributed by atoms with Crippen molar-refractivity contribution in [2.24, 2.45) is 0 Å². The molecule has 0 bridgehead atoms. The highest BCUT2D eigenvalue weighted by molar-refractivity contribution is 7.80. The second-order valence-corrected chi connectivity index (χ2v) is 10.6. The highest BCUT2D eigenvalue weighted by Crippen LogP contribution is 2.15. The molecule has 2 aromatic rings. The molecule has 0 radical (unpaired) electrons. The van der Waals surface area contributed by atoms with Crippen LogP contribution in [0.1, 0.15) is 39.3 Å². The zero-order valence-electron chi connectivity index (χ0n) is 27.0. The number of carbonyl (C=O) groups excluding carboxylic acids is 2. The molecule has 3 heterocycles. The number of pyridine rings is 2. The van der Waals surface area contributed by atoms with Crippen LogP contribution in [0.5, 0.6) is 0 Å². The number of aromatic nitrogens is 2. The van der Waals surface area contributed by atoms with Crippen LogP contribution < -0.4 is 10.6 Å². The van der Waals surface area contributed by atoms with Crippen molar-refractivity contribution >= 4 is 35.0 Å². The van der Waals surface area contributed by atoms with Gasteiger partial charge in [0.25, 0.3) is 0 Å². The maximum Gasteiger partial charge on any atom is 0.356 e. The third-order valence-electron chi connectivity index (χ3n) is 6.77. The van der Waals surface area contributed by atoms with Gasteiger partial charge in [-0.25, -0.2) is 19.6 Å². The molecular weight excluding hydrogens is 616 g/mol. The Kier molecular flexibility index (Phi) is 17.3. The van der Waals surface area contributed by atoms with Gasteiger partial charge in [0.2, 0.25) is 0 Å². The van der Waals surface area contributed by atoms with Gasteiger partial charge in [0.05, 0.1) is 78.0 Å². The van der Waals surface area contributed by atoms with E-state index in [0.717, 1.165) is 5.69 Å². The van der Waals surface area contributed by atoms with Gasteiger partial charge in [0, 0.05) is 52.0 Å². The molecule has 1 aliphatic rings. The van der Waals surface area contributed by atoms with Crippen molar-refractivity contribution in [2.75, 3.05) is 105 Å². The number of anilines is 1. The quantitative estimate of drug-likeness (QED) is 0.312. The van der Waals surface area contributed by atoms with Crippen LogP contribution in [0.25, 0.3) is 0 Å². The molecule has 0 amide bonds. The number of esters is 2.